The van der Waals surface area contributed by atoms with E-state index in [0.717, 1.165) is 0 Å². The van der Waals surface area contributed by atoms with Crippen LogP contribution in [0.15, 0.2) is 30.3 Å². The maximum Gasteiger partial charge on any atom is 0.337 e. The lowest BCUT2D eigenvalue weighted by molar-refractivity contribution is 0.0698. The van der Waals surface area contributed by atoms with E-state index in [-0.39, 0.29) is 21.3 Å². The van der Waals surface area contributed by atoms with Crippen molar-refractivity contribution in [2.45, 2.75) is 0 Å². The molecule has 0 bridgehead atoms. The maximum absolute atomic E-state index is 13.3. The molecule has 4 nitrogen and oxygen atoms in total. The molecule has 0 aliphatic carbocycles. The number of benzene rings is 2. The molecule has 7 heteroatoms. The standard InChI is InChI=1S/C13H9Cl2FN2O2/c14-9-4-7(5-10(15)12(9)16)18-11-3-6(17)1-2-8(11)13(19)20/h1-5,18H,17H2,(H,19,20). The highest BCUT2D eigenvalue weighted by atomic mass is 35.5. The van der Waals surface area contributed by atoms with Crippen molar-refractivity contribution in [3.8, 4) is 0 Å². The summed E-state index contributed by atoms with van der Waals surface area (Å²) in [6.45, 7) is 0. The Hall–Kier alpha value is -1.98. The van der Waals surface area contributed by atoms with Gasteiger partial charge in [-0.15, -0.1) is 0 Å². The molecule has 0 aliphatic heterocycles. The van der Waals surface area contributed by atoms with Crippen molar-refractivity contribution in [2.75, 3.05) is 11.1 Å². The topological polar surface area (TPSA) is 75.4 Å². The van der Waals surface area contributed by atoms with Crippen molar-refractivity contribution >= 4 is 46.2 Å². The molecule has 4 N–H and O–H groups in total. The van der Waals surface area contributed by atoms with E-state index in [9.17, 15) is 9.18 Å². The molecule has 0 heterocycles. The minimum absolute atomic E-state index is 0.0239. The van der Waals surface area contributed by atoms with Crippen molar-refractivity contribution in [3.63, 3.8) is 0 Å². The predicted octanol–water partition coefficient (Wildman–Crippen LogP) is 4.16. The SMILES string of the molecule is Nc1ccc(C(=O)O)c(Nc2cc(Cl)c(F)c(Cl)c2)c1. The van der Waals surface area contributed by atoms with Gasteiger partial charge in [0, 0.05) is 11.4 Å². The number of rotatable bonds is 3. The first kappa shape index (κ1) is 14.4. The summed E-state index contributed by atoms with van der Waals surface area (Å²) in [5.41, 5.74) is 6.65. The van der Waals surface area contributed by atoms with E-state index in [0.29, 0.717) is 11.4 Å². The molecular weight excluding hydrogens is 306 g/mol. The number of halogens is 3. The Kier molecular flexibility index (Phi) is 4.01. The van der Waals surface area contributed by atoms with E-state index in [4.69, 9.17) is 34.0 Å². The van der Waals surface area contributed by atoms with Gasteiger partial charge in [-0.1, -0.05) is 23.2 Å². The zero-order chi connectivity index (χ0) is 14.9. The number of aromatic carboxylic acids is 1. The van der Waals surface area contributed by atoms with Crippen molar-refractivity contribution in [2.24, 2.45) is 0 Å². The number of hydrogen-bond donors (Lipinski definition) is 3. The fourth-order valence-electron chi connectivity index (χ4n) is 1.63. The van der Waals surface area contributed by atoms with Crippen molar-refractivity contribution in [3.05, 3.63) is 51.8 Å². The van der Waals surface area contributed by atoms with Gasteiger partial charge >= 0.3 is 5.97 Å². The van der Waals surface area contributed by atoms with E-state index in [1.807, 2.05) is 0 Å². The molecule has 0 aromatic heterocycles. The maximum atomic E-state index is 13.3. The normalized spacial score (nSPS) is 10.3. The third-order valence-electron chi connectivity index (χ3n) is 2.54. The molecule has 0 saturated heterocycles. The first-order valence-electron chi connectivity index (χ1n) is 5.43. The van der Waals surface area contributed by atoms with Gasteiger partial charge < -0.3 is 16.2 Å². The van der Waals surface area contributed by atoms with Gasteiger partial charge in [0.2, 0.25) is 0 Å². The van der Waals surface area contributed by atoms with Crippen molar-refractivity contribution < 1.29 is 14.3 Å². The molecule has 0 radical (unpaired) electrons. The van der Waals surface area contributed by atoms with E-state index >= 15 is 0 Å². The molecule has 104 valence electrons. The van der Waals surface area contributed by atoms with E-state index in [1.54, 1.807) is 0 Å². The van der Waals surface area contributed by atoms with Crippen LogP contribution in [-0.2, 0) is 0 Å². The molecule has 0 fully saturated rings. The Morgan fingerprint density at radius 3 is 2.35 bits per heavy atom. The number of carboxylic acids is 1. The molecule has 2 aromatic carbocycles. The molecule has 0 amide bonds. The Balaban J connectivity index is 2.44. The third-order valence-corrected chi connectivity index (χ3v) is 3.09. The second kappa shape index (κ2) is 5.56. The van der Waals surface area contributed by atoms with Crippen molar-refractivity contribution in [1.82, 2.24) is 0 Å². The fourth-order valence-corrected chi connectivity index (χ4v) is 2.12. The van der Waals surface area contributed by atoms with Crippen LogP contribution in [0, 0.1) is 5.82 Å². The molecule has 2 rings (SSSR count). The minimum atomic E-state index is -1.12. The van der Waals surface area contributed by atoms with Gasteiger partial charge in [0.05, 0.1) is 21.3 Å². The minimum Gasteiger partial charge on any atom is -0.478 e. The Morgan fingerprint density at radius 2 is 1.80 bits per heavy atom. The highest BCUT2D eigenvalue weighted by Gasteiger charge is 2.12. The van der Waals surface area contributed by atoms with Gasteiger partial charge in [-0.05, 0) is 30.3 Å². The summed E-state index contributed by atoms with van der Waals surface area (Å²) in [6, 6.07) is 6.90. The number of nitrogens with one attached hydrogen (secondary N) is 1. The summed E-state index contributed by atoms with van der Waals surface area (Å²) < 4.78 is 13.3. The average molecular weight is 315 g/mol. The summed E-state index contributed by atoms with van der Waals surface area (Å²) in [6.07, 6.45) is 0. The second-order valence-electron chi connectivity index (χ2n) is 3.99. The lowest BCUT2D eigenvalue weighted by atomic mass is 10.1. The molecule has 0 spiro atoms. The molecular formula is C13H9Cl2FN2O2. The van der Waals surface area contributed by atoms with Crippen molar-refractivity contribution in [1.29, 1.82) is 0 Å². The summed E-state index contributed by atoms with van der Waals surface area (Å²) >= 11 is 11.4. The number of nitrogens with two attached hydrogens (primary N) is 1. The van der Waals surface area contributed by atoms with Crippen LogP contribution in [0.4, 0.5) is 21.5 Å². The Bertz CT molecular complexity index is 669. The summed E-state index contributed by atoms with van der Waals surface area (Å²) in [4.78, 5) is 11.1. The molecule has 20 heavy (non-hydrogen) atoms. The fraction of sp³-hybridized carbons (Fsp3) is 0. The first-order valence-corrected chi connectivity index (χ1v) is 6.18. The van der Waals surface area contributed by atoms with E-state index < -0.39 is 11.8 Å². The van der Waals surface area contributed by atoms with Crippen LogP contribution in [0.2, 0.25) is 10.0 Å². The number of hydrogen-bond acceptors (Lipinski definition) is 3. The predicted molar refractivity (Wildman–Crippen MR) is 77.5 cm³/mol. The summed E-state index contributed by atoms with van der Waals surface area (Å²) in [5.74, 6) is -1.85. The third kappa shape index (κ3) is 2.95. The van der Waals surface area contributed by atoms with Crippen LogP contribution in [0.25, 0.3) is 0 Å². The molecule has 0 unspecified atom stereocenters. The highest BCUT2D eigenvalue weighted by molar-refractivity contribution is 6.35. The molecule has 0 saturated carbocycles. The second-order valence-corrected chi connectivity index (χ2v) is 4.80. The van der Waals surface area contributed by atoms with Crippen LogP contribution in [0.3, 0.4) is 0 Å². The Labute approximate surface area is 123 Å². The van der Waals surface area contributed by atoms with Gasteiger partial charge in [-0.2, -0.15) is 0 Å². The molecule has 0 aliphatic rings. The summed E-state index contributed by atoms with van der Waals surface area (Å²) in [5, 5.41) is 11.6. The highest BCUT2D eigenvalue weighted by Crippen LogP contribution is 2.30. The first-order chi connectivity index (χ1) is 9.38. The lowest BCUT2D eigenvalue weighted by Gasteiger charge is -2.11. The van der Waals surface area contributed by atoms with Gasteiger partial charge in [0.15, 0.2) is 5.82 Å². The smallest absolute Gasteiger partial charge is 0.337 e. The Morgan fingerprint density at radius 1 is 1.20 bits per heavy atom. The van der Waals surface area contributed by atoms with E-state index in [1.165, 1.54) is 30.3 Å². The van der Waals surface area contributed by atoms with Gasteiger partial charge in [-0.25, -0.2) is 9.18 Å². The monoisotopic (exact) mass is 314 g/mol. The molecule has 0 atom stereocenters. The van der Waals surface area contributed by atoms with Gasteiger partial charge in [0.25, 0.3) is 0 Å². The average Bonchev–Trinajstić information content (AvgIpc) is 2.35. The number of nitrogen functional groups attached to an aromatic ring is 1. The lowest BCUT2D eigenvalue weighted by Crippen LogP contribution is -2.04. The largest absolute Gasteiger partial charge is 0.478 e. The van der Waals surface area contributed by atoms with Gasteiger partial charge in [-0.3, -0.25) is 0 Å². The van der Waals surface area contributed by atoms with Crippen LogP contribution in [0.1, 0.15) is 10.4 Å². The molecule has 2 aromatic rings. The van der Waals surface area contributed by atoms with Crippen LogP contribution in [0.5, 0.6) is 0 Å². The number of carbonyl (C=O) groups is 1. The van der Waals surface area contributed by atoms with E-state index in [2.05, 4.69) is 5.32 Å². The number of anilines is 3. The van der Waals surface area contributed by atoms with Gasteiger partial charge in [0.1, 0.15) is 0 Å². The quantitative estimate of drug-likeness (QED) is 0.587. The number of carboxylic acid groups (broad SMARTS) is 1. The van der Waals surface area contributed by atoms with Crippen LogP contribution < -0.4 is 11.1 Å². The zero-order valence-corrected chi connectivity index (χ0v) is 11.5. The van der Waals surface area contributed by atoms with Crippen LogP contribution >= 0.6 is 23.2 Å². The van der Waals surface area contributed by atoms with Crippen LogP contribution in [-0.4, -0.2) is 11.1 Å². The summed E-state index contributed by atoms with van der Waals surface area (Å²) in [7, 11) is 0. The zero-order valence-electron chi connectivity index (χ0n) is 9.95.